The lowest BCUT2D eigenvalue weighted by Gasteiger charge is -2.08. The highest BCUT2D eigenvalue weighted by Crippen LogP contribution is 2.20. The number of nitrogens with one attached hydrogen (secondary N) is 1. The fraction of sp³-hybridized carbons (Fsp3) is 0.400. The average molecular weight is 282 g/mol. The van der Waals surface area contributed by atoms with Crippen LogP contribution in [0.1, 0.15) is 23.3 Å². The maximum absolute atomic E-state index is 11.9. The van der Waals surface area contributed by atoms with Crippen molar-refractivity contribution in [2.24, 2.45) is 0 Å². The number of nitrogen functional groups attached to an aromatic ring is 1. The lowest BCUT2D eigenvalue weighted by molar-refractivity contribution is -0.135. The van der Waals surface area contributed by atoms with E-state index in [1.165, 1.54) is 12.1 Å². The van der Waals surface area contributed by atoms with Gasteiger partial charge in [0.1, 0.15) is 11.5 Å². The molecule has 0 bridgehead atoms. The number of carbonyl (C=O) groups is 1. The third-order valence-electron chi connectivity index (χ3n) is 2.01. The molecule has 1 amide bonds. The lowest BCUT2D eigenvalue weighted by atomic mass is 10.3. The predicted octanol–water partition coefficient (Wildman–Crippen LogP) is 2.39. The van der Waals surface area contributed by atoms with Crippen LogP contribution in [-0.2, 0) is 0 Å². The van der Waals surface area contributed by atoms with Crippen molar-refractivity contribution in [3.63, 3.8) is 0 Å². The molecule has 8 heteroatoms. The number of amides is 1. The number of rotatable bonds is 4. The smallest absolute Gasteiger partial charge is 0.384 e. The Labute approximate surface area is 106 Å². The average Bonchev–Trinajstić information content (AvgIpc) is 2.26. The van der Waals surface area contributed by atoms with E-state index in [0.29, 0.717) is 0 Å². The first kappa shape index (κ1) is 14.6. The number of alkyl halides is 3. The van der Waals surface area contributed by atoms with Crippen LogP contribution in [0.4, 0.5) is 19.0 Å². The second-order valence-corrected chi connectivity index (χ2v) is 3.95. The van der Waals surface area contributed by atoms with Crippen molar-refractivity contribution in [3.05, 3.63) is 22.8 Å². The zero-order valence-electron chi connectivity index (χ0n) is 9.22. The summed E-state index contributed by atoms with van der Waals surface area (Å²) in [6.07, 6.45) is -5.38. The SMILES string of the molecule is Nc1ccc(Cl)c(C(=O)NCCCC(F)(F)F)n1. The Kier molecular flexibility index (Phi) is 4.77. The summed E-state index contributed by atoms with van der Waals surface area (Å²) >= 11 is 5.72. The first-order chi connectivity index (χ1) is 8.29. The zero-order chi connectivity index (χ0) is 13.8. The quantitative estimate of drug-likeness (QED) is 0.833. The van der Waals surface area contributed by atoms with Gasteiger partial charge in [-0.25, -0.2) is 4.98 Å². The largest absolute Gasteiger partial charge is 0.389 e. The third kappa shape index (κ3) is 4.79. The van der Waals surface area contributed by atoms with E-state index in [-0.39, 0.29) is 29.5 Å². The fourth-order valence-corrected chi connectivity index (χ4v) is 1.38. The van der Waals surface area contributed by atoms with E-state index in [9.17, 15) is 18.0 Å². The summed E-state index contributed by atoms with van der Waals surface area (Å²) in [5.74, 6) is -0.533. The molecule has 0 unspecified atom stereocenters. The molecule has 0 aliphatic carbocycles. The molecular formula is C10H11ClF3N3O. The highest BCUT2D eigenvalue weighted by Gasteiger charge is 2.26. The van der Waals surface area contributed by atoms with Gasteiger partial charge in [-0.3, -0.25) is 4.79 Å². The van der Waals surface area contributed by atoms with Gasteiger partial charge in [-0.2, -0.15) is 13.2 Å². The Balaban J connectivity index is 2.48. The van der Waals surface area contributed by atoms with E-state index in [0.717, 1.165) is 0 Å². The van der Waals surface area contributed by atoms with Crippen LogP contribution in [0.5, 0.6) is 0 Å². The highest BCUT2D eigenvalue weighted by atomic mass is 35.5. The summed E-state index contributed by atoms with van der Waals surface area (Å²) < 4.78 is 35.6. The van der Waals surface area contributed by atoms with Crippen molar-refractivity contribution < 1.29 is 18.0 Å². The van der Waals surface area contributed by atoms with Gasteiger partial charge in [0, 0.05) is 13.0 Å². The number of aromatic nitrogens is 1. The summed E-state index contributed by atoms with van der Waals surface area (Å²) in [6.45, 7) is -0.106. The minimum absolute atomic E-state index is 0.0938. The lowest BCUT2D eigenvalue weighted by Crippen LogP contribution is -2.27. The Morgan fingerprint density at radius 3 is 2.72 bits per heavy atom. The van der Waals surface area contributed by atoms with Crippen molar-refractivity contribution in [1.29, 1.82) is 0 Å². The van der Waals surface area contributed by atoms with E-state index >= 15 is 0 Å². The minimum atomic E-state index is -4.22. The molecule has 0 spiro atoms. The Morgan fingerprint density at radius 1 is 1.44 bits per heavy atom. The molecule has 100 valence electrons. The first-order valence-electron chi connectivity index (χ1n) is 5.06. The molecule has 0 aliphatic heterocycles. The van der Waals surface area contributed by atoms with E-state index in [1.54, 1.807) is 0 Å². The molecule has 0 aliphatic rings. The van der Waals surface area contributed by atoms with Crippen molar-refractivity contribution in [3.8, 4) is 0 Å². The molecule has 0 radical (unpaired) electrons. The summed E-state index contributed by atoms with van der Waals surface area (Å²) in [5.41, 5.74) is 5.28. The van der Waals surface area contributed by atoms with Crippen molar-refractivity contribution in [1.82, 2.24) is 10.3 Å². The monoisotopic (exact) mass is 281 g/mol. The molecular weight excluding hydrogens is 271 g/mol. The molecule has 3 N–H and O–H groups in total. The molecule has 1 rings (SSSR count). The number of nitrogens with zero attached hydrogens (tertiary/aromatic N) is 1. The van der Waals surface area contributed by atoms with Gasteiger partial charge in [-0.1, -0.05) is 11.6 Å². The van der Waals surface area contributed by atoms with Crippen molar-refractivity contribution in [2.75, 3.05) is 12.3 Å². The molecule has 1 heterocycles. The Hall–Kier alpha value is -1.50. The Bertz CT molecular complexity index is 437. The molecule has 0 saturated heterocycles. The van der Waals surface area contributed by atoms with Gasteiger partial charge >= 0.3 is 6.18 Å². The third-order valence-corrected chi connectivity index (χ3v) is 2.31. The normalized spacial score (nSPS) is 11.3. The van der Waals surface area contributed by atoms with Crippen LogP contribution in [0.15, 0.2) is 12.1 Å². The number of carbonyl (C=O) groups excluding carboxylic acids is 1. The van der Waals surface area contributed by atoms with Gasteiger partial charge in [-0.05, 0) is 18.6 Å². The summed E-state index contributed by atoms with van der Waals surface area (Å²) in [7, 11) is 0. The molecule has 0 saturated carbocycles. The van der Waals surface area contributed by atoms with Crippen LogP contribution in [0, 0.1) is 0 Å². The topological polar surface area (TPSA) is 68.0 Å². The van der Waals surface area contributed by atoms with Crippen LogP contribution in [0.2, 0.25) is 5.02 Å². The maximum Gasteiger partial charge on any atom is 0.389 e. The predicted molar refractivity (Wildman–Crippen MR) is 61.3 cm³/mol. The second kappa shape index (κ2) is 5.90. The minimum Gasteiger partial charge on any atom is -0.384 e. The van der Waals surface area contributed by atoms with Gasteiger partial charge in [-0.15, -0.1) is 0 Å². The number of halogens is 4. The van der Waals surface area contributed by atoms with Gasteiger partial charge in [0.05, 0.1) is 5.02 Å². The van der Waals surface area contributed by atoms with Crippen molar-refractivity contribution in [2.45, 2.75) is 19.0 Å². The van der Waals surface area contributed by atoms with Gasteiger partial charge in [0.2, 0.25) is 0 Å². The zero-order valence-corrected chi connectivity index (χ0v) is 9.98. The summed E-state index contributed by atoms with van der Waals surface area (Å²) in [4.78, 5) is 15.3. The van der Waals surface area contributed by atoms with E-state index in [4.69, 9.17) is 17.3 Å². The van der Waals surface area contributed by atoms with E-state index in [1.807, 2.05) is 0 Å². The summed E-state index contributed by atoms with van der Waals surface area (Å²) in [5, 5.41) is 2.39. The van der Waals surface area contributed by atoms with Crippen LogP contribution < -0.4 is 11.1 Å². The van der Waals surface area contributed by atoms with Gasteiger partial charge < -0.3 is 11.1 Å². The molecule has 4 nitrogen and oxygen atoms in total. The van der Waals surface area contributed by atoms with Crippen LogP contribution in [0.25, 0.3) is 0 Å². The molecule has 0 fully saturated rings. The second-order valence-electron chi connectivity index (χ2n) is 3.54. The van der Waals surface area contributed by atoms with Gasteiger partial charge in [0.25, 0.3) is 5.91 Å². The maximum atomic E-state index is 11.9. The number of anilines is 1. The Morgan fingerprint density at radius 2 is 2.11 bits per heavy atom. The molecule has 0 atom stereocenters. The van der Waals surface area contributed by atoms with E-state index < -0.39 is 18.5 Å². The number of pyridine rings is 1. The van der Waals surface area contributed by atoms with E-state index in [2.05, 4.69) is 10.3 Å². The molecule has 18 heavy (non-hydrogen) atoms. The number of hydrogen-bond donors (Lipinski definition) is 2. The number of hydrogen-bond acceptors (Lipinski definition) is 3. The first-order valence-corrected chi connectivity index (χ1v) is 5.44. The highest BCUT2D eigenvalue weighted by molar-refractivity contribution is 6.33. The number of nitrogens with two attached hydrogens (primary N) is 1. The standard InChI is InChI=1S/C10H11ClF3N3O/c11-6-2-3-7(15)17-8(6)9(18)16-5-1-4-10(12,13)14/h2-3H,1,4-5H2,(H2,15,17)(H,16,18). The fourth-order valence-electron chi connectivity index (χ4n) is 1.19. The van der Waals surface area contributed by atoms with Crippen LogP contribution in [-0.4, -0.2) is 23.6 Å². The van der Waals surface area contributed by atoms with Crippen LogP contribution >= 0.6 is 11.6 Å². The summed E-state index contributed by atoms with van der Waals surface area (Å²) in [6, 6.07) is 2.82. The molecule has 0 aromatic carbocycles. The van der Waals surface area contributed by atoms with Gasteiger partial charge in [0.15, 0.2) is 0 Å². The molecule has 1 aromatic rings. The van der Waals surface area contributed by atoms with Crippen molar-refractivity contribution >= 4 is 23.3 Å². The van der Waals surface area contributed by atoms with Crippen LogP contribution in [0.3, 0.4) is 0 Å². The molecule has 1 aromatic heterocycles.